The third-order valence-electron chi connectivity index (χ3n) is 5.02. The molecule has 0 aliphatic carbocycles. The Morgan fingerprint density at radius 1 is 0.943 bits per heavy atom. The lowest BCUT2D eigenvalue weighted by Gasteiger charge is -2.14. The molecule has 11 heteroatoms. The normalized spacial score (nSPS) is 11.9. The molecular formula is C24H24F3N3O4S. The molecule has 0 bridgehead atoms. The summed E-state index contributed by atoms with van der Waals surface area (Å²) in [4.78, 5) is 14.3. The maximum absolute atomic E-state index is 12.7. The molecule has 186 valence electrons. The molecule has 7 nitrogen and oxygen atoms in total. The zero-order valence-corrected chi connectivity index (χ0v) is 19.7. The minimum atomic E-state index is -4.42. The van der Waals surface area contributed by atoms with Crippen molar-refractivity contribution in [1.29, 1.82) is 0 Å². The highest BCUT2D eigenvalue weighted by Crippen LogP contribution is 2.31. The number of nitrogens with zero attached hydrogens (tertiary/aromatic N) is 1. The summed E-state index contributed by atoms with van der Waals surface area (Å²) in [5.41, 5.74) is 0.917. The first-order valence-corrected chi connectivity index (χ1v) is 12.1. The molecule has 0 aromatic heterocycles. The molecule has 0 fully saturated rings. The van der Waals surface area contributed by atoms with Gasteiger partial charge in [-0.25, -0.2) is 8.42 Å². The zero-order chi connectivity index (χ0) is 25.8. The van der Waals surface area contributed by atoms with E-state index in [9.17, 15) is 31.5 Å². The Labute approximate surface area is 201 Å². The molecule has 0 spiro atoms. The highest BCUT2D eigenvalue weighted by molar-refractivity contribution is 7.92. The smallest absolute Gasteiger partial charge is 0.416 e. The van der Waals surface area contributed by atoms with Gasteiger partial charge < -0.3 is 15.3 Å². The van der Waals surface area contributed by atoms with Crippen LogP contribution in [0.3, 0.4) is 0 Å². The van der Waals surface area contributed by atoms with E-state index in [1.54, 1.807) is 31.1 Å². The number of halogens is 3. The van der Waals surface area contributed by atoms with E-state index >= 15 is 0 Å². The van der Waals surface area contributed by atoms with Gasteiger partial charge in [0.2, 0.25) is 10.0 Å². The van der Waals surface area contributed by atoms with Gasteiger partial charge in [-0.15, -0.1) is 0 Å². The van der Waals surface area contributed by atoms with E-state index in [1.807, 2.05) is 0 Å². The van der Waals surface area contributed by atoms with Crippen molar-refractivity contribution >= 4 is 27.3 Å². The number of sulfonamides is 1. The summed E-state index contributed by atoms with van der Waals surface area (Å²) in [7, 11) is -0.248. The standard InChI is InChI=1S/C24H24F3N3O4S/c1-30(2)13-14-35(33,34)29-21-15-20(11-12-22(21)31)28-23(32)18-5-3-16(4-6-18)17-7-9-19(10-8-17)24(25,26)27/h3-12,15,29,31H,13-14H2,1-2H3,(H,28,32). The maximum Gasteiger partial charge on any atom is 0.416 e. The lowest BCUT2D eigenvalue weighted by atomic mass is 10.0. The van der Waals surface area contributed by atoms with Gasteiger partial charge in [0.15, 0.2) is 0 Å². The summed E-state index contributed by atoms with van der Waals surface area (Å²) in [6.45, 7) is 0.287. The minimum Gasteiger partial charge on any atom is -0.506 e. The molecule has 3 aromatic carbocycles. The van der Waals surface area contributed by atoms with Crippen molar-refractivity contribution in [3.8, 4) is 16.9 Å². The summed E-state index contributed by atoms with van der Waals surface area (Å²) in [6, 6.07) is 14.9. The predicted octanol–water partition coefficient (Wildman–Crippen LogP) is 4.63. The number of hydrogen-bond acceptors (Lipinski definition) is 5. The van der Waals surface area contributed by atoms with Crippen LogP contribution >= 0.6 is 0 Å². The Morgan fingerprint density at radius 2 is 1.51 bits per heavy atom. The third-order valence-corrected chi connectivity index (χ3v) is 6.27. The first-order chi connectivity index (χ1) is 16.3. The molecular weight excluding hydrogens is 483 g/mol. The van der Waals surface area contributed by atoms with Crippen molar-refractivity contribution in [2.75, 3.05) is 36.4 Å². The summed E-state index contributed by atoms with van der Waals surface area (Å²) in [5, 5.41) is 12.6. The number of phenols is 1. The number of phenolic OH excluding ortho intramolecular Hbond substituents is 1. The molecule has 3 aromatic rings. The maximum atomic E-state index is 12.7. The largest absolute Gasteiger partial charge is 0.506 e. The van der Waals surface area contributed by atoms with Crippen LogP contribution in [-0.2, 0) is 16.2 Å². The fourth-order valence-electron chi connectivity index (χ4n) is 3.09. The molecule has 0 saturated carbocycles. The number of aromatic hydroxyl groups is 1. The van der Waals surface area contributed by atoms with Gasteiger partial charge in [-0.3, -0.25) is 9.52 Å². The van der Waals surface area contributed by atoms with Gasteiger partial charge in [-0.2, -0.15) is 13.2 Å². The SMILES string of the molecule is CN(C)CCS(=O)(=O)Nc1cc(NC(=O)c2ccc(-c3ccc(C(F)(F)F)cc3)cc2)ccc1O. The fourth-order valence-corrected chi connectivity index (χ4v) is 4.29. The second kappa shape index (κ2) is 10.4. The molecule has 0 atom stereocenters. The van der Waals surface area contributed by atoms with Crippen molar-refractivity contribution in [3.63, 3.8) is 0 Å². The second-order valence-electron chi connectivity index (χ2n) is 8.06. The van der Waals surface area contributed by atoms with Gasteiger partial charge in [0, 0.05) is 17.8 Å². The molecule has 35 heavy (non-hydrogen) atoms. The summed E-state index contributed by atoms with van der Waals surface area (Å²) < 4.78 is 65.0. The molecule has 0 aliphatic heterocycles. The predicted molar refractivity (Wildman–Crippen MR) is 129 cm³/mol. The number of nitrogens with one attached hydrogen (secondary N) is 2. The quantitative estimate of drug-likeness (QED) is 0.305. The van der Waals surface area contributed by atoms with E-state index in [0.717, 1.165) is 12.1 Å². The highest BCUT2D eigenvalue weighted by Gasteiger charge is 2.30. The number of alkyl halides is 3. The Kier molecular flexibility index (Phi) is 7.71. The van der Waals surface area contributed by atoms with Crippen LogP contribution in [0.4, 0.5) is 24.5 Å². The van der Waals surface area contributed by atoms with Crippen LogP contribution in [0.25, 0.3) is 11.1 Å². The van der Waals surface area contributed by atoms with Gasteiger partial charge in [-0.1, -0.05) is 24.3 Å². The van der Waals surface area contributed by atoms with Crippen LogP contribution in [0.15, 0.2) is 66.7 Å². The van der Waals surface area contributed by atoms with Crippen LogP contribution in [-0.4, -0.2) is 50.7 Å². The molecule has 0 heterocycles. The topological polar surface area (TPSA) is 98.7 Å². The first-order valence-electron chi connectivity index (χ1n) is 10.4. The van der Waals surface area contributed by atoms with E-state index in [-0.39, 0.29) is 35.0 Å². The van der Waals surface area contributed by atoms with E-state index < -0.39 is 27.7 Å². The molecule has 3 N–H and O–H groups in total. The second-order valence-corrected chi connectivity index (χ2v) is 9.90. The number of carbonyl (C=O) groups is 1. The monoisotopic (exact) mass is 507 g/mol. The van der Waals surface area contributed by atoms with Crippen molar-refractivity contribution in [2.24, 2.45) is 0 Å². The third kappa shape index (κ3) is 7.20. The number of carbonyl (C=O) groups excluding carboxylic acids is 1. The Bertz CT molecular complexity index is 1290. The van der Waals surface area contributed by atoms with Crippen molar-refractivity contribution in [2.45, 2.75) is 6.18 Å². The minimum absolute atomic E-state index is 0.0702. The van der Waals surface area contributed by atoms with E-state index in [4.69, 9.17) is 0 Å². The van der Waals surface area contributed by atoms with Gasteiger partial charge >= 0.3 is 6.18 Å². The van der Waals surface area contributed by atoms with Crippen molar-refractivity contribution in [3.05, 3.63) is 77.9 Å². The molecule has 0 aliphatic rings. The van der Waals surface area contributed by atoms with Crippen LogP contribution in [0.2, 0.25) is 0 Å². The Balaban J connectivity index is 1.70. The molecule has 0 saturated heterocycles. The first kappa shape index (κ1) is 26.0. The van der Waals surface area contributed by atoms with Gasteiger partial charge in [0.1, 0.15) is 5.75 Å². The number of benzene rings is 3. The van der Waals surface area contributed by atoms with Gasteiger partial charge in [-0.05, 0) is 67.7 Å². The number of anilines is 2. The molecule has 0 unspecified atom stereocenters. The van der Waals surface area contributed by atoms with Gasteiger partial charge in [0.25, 0.3) is 5.91 Å². The number of rotatable bonds is 8. The van der Waals surface area contributed by atoms with Crippen molar-refractivity contribution < 1.29 is 31.5 Å². The van der Waals surface area contributed by atoms with Crippen LogP contribution < -0.4 is 10.0 Å². The number of amides is 1. The summed E-state index contributed by atoms with van der Waals surface area (Å²) in [5.74, 6) is -0.963. The molecule has 1 amide bonds. The number of hydrogen-bond donors (Lipinski definition) is 3. The molecule has 0 radical (unpaired) electrons. The van der Waals surface area contributed by atoms with Crippen LogP contribution in [0, 0.1) is 0 Å². The lowest BCUT2D eigenvalue weighted by molar-refractivity contribution is -0.137. The van der Waals surface area contributed by atoms with Crippen molar-refractivity contribution in [1.82, 2.24) is 4.90 Å². The lowest BCUT2D eigenvalue weighted by Crippen LogP contribution is -2.26. The Hall–Kier alpha value is -3.57. The van der Waals surface area contributed by atoms with E-state index in [2.05, 4.69) is 10.0 Å². The average molecular weight is 508 g/mol. The van der Waals surface area contributed by atoms with Gasteiger partial charge in [0.05, 0.1) is 17.0 Å². The fraction of sp³-hybridized carbons (Fsp3) is 0.208. The van der Waals surface area contributed by atoms with E-state index in [0.29, 0.717) is 11.1 Å². The average Bonchev–Trinajstić information content (AvgIpc) is 2.79. The molecule has 3 rings (SSSR count). The van der Waals surface area contributed by atoms with E-state index in [1.165, 1.54) is 42.5 Å². The van der Waals surface area contributed by atoms with Crippen LogP contribution in [0.1, 0.15) is 15.9 Å². The Morgan fingerprint density at radius 3 is 2.06 bits per heavy atom. The summed E-state index contributed by atoms with van der Waals surface area (Å²) >= 11 is 0. The summed E-state index contributed by atoms with van der Waals surface area (Å²) in [6.07, 6.45) is -4.42. The van der Waals surface area contributed by atoms with Crippen LogP contribution in [0.5, 0.6) is 5.75 Å². The highest BCUT2D eigenvalue weighted by atomic mass is 32.2. The zero-order valence-electron chi connectivity index (χ0n) is 18.9.